The predicted octanol–water partition coefficient (Wildman–Crippen LogP) is 3.10. The average molecular weight is 326 g/mol. The number of rotatable bonds is 6. The molecule has 0 heterocycles. The van der Waals surface area contributed by atoms with E-state index in [-0.39, 0.29) is 18.4 Å². The monoisotopic (exact) mass is 326 g/mol. The Bertz CT molecular complexity index is 684. The summed E-state index contributed by atoms with van der Waals surface area (Å²) < 4.78 is 5.40. The van der Waals surface area contributed by atoms with Gasteiger partial charge in [-0.1, -0.05) is 18.2 Å². The van der Waals surface area contributed by atoms with Gasteiger partial charge in [0, 0.05) is 25.3 Å². The zero-order valence-electron chi connectivity index (χ0n) is 14.2. The number of hydrogen-bond donors (Lipinski definition) is 0. The lowest BCUT2D eigenvalue weighted by Gasteiger charge is -2.24. The lowest BCUT2D eigenvalue weighted by Crippen LogP contribution is -2.40. The summed E-state index contributed by atoms with van der Waals surface area (Å²) in [5.74, 6) is 0.386. The van der Waals surface area contributed by atoms with Gasteiger partial charge < -0.3 is 14.5 Å². The molecule has 0 saturated carbocycles. The molecule has 2 rings (SSSR count). The molecule has 0 fully saturated rings. The average Bonchev–Trinajstić information content (AvgIpc) is 2.60. The SMILES string of the molecule is CCOc1ccc(N(CC(=O)N(C)c2ccccc2)C(C)=O)cc1. The molecule has 0 N–H and O–H groups in total. The smallest absolute Gasteiger partial charge is 0.246 e. The standard InChI is InChI=1S/C19H22N2O3/c1-4-24-18-12-10-17(11-13-18)21(15(2)22)14-19(23)20(3)16-8-6-5-7-9-16/h5-13H,4,14H2,1-3H3. The van der Waals surface area contributed by atoms with Gasteiger partial charge in [-0.3, -0.25) is 9.59 Å². The van der Waals surface area contributed by atoms with E-state index in [4.69, 9.17) is 4.74 Å². The van der Waals surface area contributed by atoms with Crippen molar-refractivity contribution in [3.8, 4) is 5.75 Å². The first-order valence-electron chi connectivity index (χ1n) is 7.85. The summed E-state index contributed by atoms with van der Waals surface area (Å²) in [7, 11) is 1.70. The lowest BCUT2D eigenvalue weighted by atomic mass is 10.2. The number of amides is 2. The summed E-state index contributed by atoms with van der Waals surface area (Å²) in [6.45, 7) is 3.92. The van der Waals surface area contributed by atoms with E-state index in [1.807, 2.05) is 37.3 Å². The van der Waals surface area contributed by atoms with Crippen LogP contribution in [0.3, 0.4) is 0 Å². The van der Waals surface area contributed by atoms with Crippen LogP contribution in [0.1, 0.15) is 13.8 Å². The third kappa shape index (κ3) is 4.35. The van der Waals surface area contributed by atoms with Crippen LogP contribution < -0.4 is 14.5 Å². The number of benzene rings is 2. The summed E-state index contributed by atoms with van der Waals surface area (Å²) in [4.78, 5) is 27.5. The first-order valence-corrected chi connectivity index (χ1v) is 7.85. The van der Waals surface area contributed by atoms with Gasteiger partial charge in [0.15, 0.2) is 0 Å². The van der Waals surface area contributed by atoms with Crippen LogP contribution in [0.5, 0.6) is 5.75 Å². The van der Waals surface area contributed by atoms with Crippen molar-refractivity contribution >= 4 is 23.2 Å². The number of carbonyl (C=O) groups is 2. The molecule has 0 unspecified atom stereocenters. The van der Waals surface area contributed by atoms with E-state index in [0.717, 1.165) is 11.4 Å². The second-order valence-electron chi connectivity index (χ2n) is 5.32. The highest BCUT2D eigenvalue weighted by atomic mass is 16.5. The van der Waals surface area contributed by atoms with E-state index >= 15 is 0 Å². The van der Waals surface area contributed by atoms with Crippen molar-refractivity contribution in [3.05, 3.63) is 54.6 Å². The third-order valence-corrected chi connectivity index (χ3v) is 3.65. The number of anilines is 2. The maximum atomic E-state index is 12.5. The Hall–Kier alpha value is -2.82. The van der Waals surface area contributed by atoms with Gasteiger partial charge in [0.25, 0.3) is 0 Å². The molecule has 24 heavy (non-hydrogen) atoms. The topological polar surface area (TPSA) is 49.9 Å². The minimum absolute atomic E-state index is 0.0191. The van der Waals surface area contributed by atoms with Gasteiger partial charge in [0.1, 0.15) is 12.3 Å². The van der Waals surface area contributed by atoms with Gasteiger partial charge in [-0.15, -0.1) is 0 Å². The van der Waals surface area contributed by atoms with Gasteiger partial charge in [0.2, 0.25) is 11.8 Å². The van der Waals surface area contributed by atoms with Crippen LogP contribution in [-0.4, -0.2) is 32.0 Å². The summed E-state index contributed by atoms with van der Waals surface area (Å²) >= 11 is 0. The molecule has 5 nitrogen and oxygen atoms in total. The van der Waals surface area contributed by atoms with Crippen molar-refractivity contribution in [1.29, 1.82) is 0 Å². The Balaban J connectivity index is 2.13. The van der Waals surface area contributed by atoms with Gasteiger partial charge in [-0.05, 0) is 43.3 Å². The van der Waals surface area contributed by atoms with Crippen LogP contribution in [0, 0.1) is 0 Å². The second kappa shape index (κ2) is 8.15. The summed E-state index contributed by atoms with van der Waals surface area (Å²) in [5.41, 5.74) is 1.46. The van der Waals surface area contributed by atoms with Gasteiger partial charge in [-0.25, -0.2) is 0 Å². The Morgan fingerprint density at radius 2 is 1.58 bits per heavy atom. The van der Waals surface area contributed by atoms with E-state index < -0.39 is 0 Å². The maximum absolute atomic E-state index is 12.5. The normalized spacial score (nSPS) is 10.1. The Labute approximate surface area is 142 Å². The molecule has 0 aliphatic rings. The molecule has 0 radical (unpaired) electrons. The molecule has 0 bridgehead atoms. The van der Waals surface area contributed by atoms with Crippen LogP contribution >= 0.6 is 0 Å². The molecule has 0 saturated heterocycles. The van der Waals surface area contributed by atoms with Crippen molar-refractivity contribution in [2.45, 2.75) is 13.8 Å². The van der Waals surface area contributed by atoms with E-state index in [1.165, 1.54) is 11.8 Å². The quantitative estimate of drug-likeness (QED) is 0.819. The molecular formula is C19H22N2O3. The summed E-state index contributed by atoms with van der Waals surface area (Å²) in [6, 6.07) is 16.5. The van der Waals surface area contributed by atoms with Crippen LogP contribution in [0.2, 0.25) is 0 Å². The Morgan fingerprint density at radius 1 is 0.958 bits per heavy atom. The molecule has 0 aromatic heterocycles. The van der Waals surface area contributed by atoms with Crippen LogP contribution in [0.25, 0.3) is 0 Å². The van der Waals surface area contributed by atoms with Gasteiger partial charge in [0.05, 0.1) is 6.61 Å². The highest BCUT2D eigenvalue weighted by molar-refractivity contribution is 6.02. The fourth-order valence-electron chi connectivity index (χ4n) is 2.31. The van der Waals surface area contributed by atoms with Crippen molar-refractivity contribution in [2.24, 2.45) is 0 Å². The predicted molar refractivity (Wildman–Crippen MR) is 95.5 cm³/mol. The largest absolute Gasteiger partial charge is 0.494 e. The van der Waals surface area contributed by atoms with Crippen molar-refractivity contribution in [2.75, 3.05) is 30.0 Å². The minimum atomic E-state index is -0.186. The van der Waals surface area contributed by atoms with Gasteiger partial charge in [-0.2, -0.15) is 0 Å². The summed E-state index contributed by atoms with van der Waals surface area (Å²) in [5, 5.41) is 0. The summed E-state index contributed by atoms with van der Waals surface area (Å²) in [6.07, 6.45) is 0. The number of hydrogen-bond acceptors (Lipinski definition) is 3. The molecule has 126 valence electrons. The van der Waals surface area contributed by atoms with E-state index in [9.17, 15) is 9.59 Å². The van der Waals surface area contributed by atoms with Crippen LogP contribution in [0.15, 0.2) is 54.6 Å². The maximum Gasteiger partial charge on any atom is 0.246 e. The van der Waals surface area contributed by atoms with Crippen molar-refractivity contribution in [3.63, 3.8) is 0 Å². The fourth-order valence-corrected chi connectivity index (χ4v) is 2.31. The minimum Gasteiger partial charge on any atom is -0.494 e. The molecule has 5 heteroatoms. The van der Waals surface area contributed by atoms with Crippen LogP contribution in [-0.2, 0) is 9.59 Å². The van der Waals surface area contributed by atoms with Gasteiger partial charge >= 0.3 is 0 Å². The molecule has 2 amide bonds. The van der Waals surface area contributed by atoms with E-state index in [1.54, 1.807) is 36.2 Å². The zero-order valence-corrected chi connectivity index (χ0v) is 14.2. The number of ether oxygens (including phenoxy) is 1. The fraction of sp³-hybridized carbons (Fsp3) is 0.263. The number of nitrogens with zero attached hydrogens (tertiary/aromatic N) is 2. The Kier molecular flexibility index (Phi) is 5.95. The number of carbonyl (C=O) groups excluding carboxylic acids is 2. The molecule has 2 aromatic carbocycles. The van der Waals surface area contributed by atoms with Crippen LogP contribution in [0.4, 0.5) is 11.4 Å². The second-order valence-corrected chi connectivity index (χ2v) is 5.32. The first-order chi connectivity index (χ1) is 11.5. The van der Waals surface area contributed by atoms with E-state index in [0.29, 0.717) is 12.3 Å². The zero-order chi connectivity index (χ0) is 17.5. The lowest BCUT2D eigenvalue weighted by molar-refractivity contribution is -0.121. The molecule has 2 aromatic rings. The molecule has 0 aliphatic carbocycles. The van der Waals surface area contributed by atoms with Crippen molar-refractivity contribution < 1.29 is 14.3 Å². The first kappa shape index (κ1) is 17.5. The molecule has 0 spiro atoms. The molecule has 0 aliphatic heterocycles. The number of likely N-dealkylation sites (N-methyl/N-ethyl adjacent to an activating group) is 1. The molecule has 0 atom stereocenters. The van der Waals surface area contributed by atoms with E-state index in [2.05, 4.69) is 0 Å². The molecular weight excluding hydrogens is 304 g/mol. The van der Waals surface area contributed by atoms with Crippen molar-refractivity contribution in [1.82, 2.24) is 0 Å². The Morgan fingerprint density at radius 3 is 2.12 bits per heavy atom. The third-order valence-electron chi connectivity index (χ3n) is 3.65. The highest BCUT2D eigenvalue weighted by Crippen LogP contribution is 2.20. The number of para-hydroxylation sites is 1. The highest BCUT2D eigenvalue weighted by Gasteiger charge is 2.19.